The molecule has 0 N–H and O–H groups in total. The molecule has 1 aromatic carbocycles. The number of fused-ring (bicyclic) bond motifs is 1. The summed E-state index contributed by atoms with van der Waals surface area (Å²) in [6, 6.07) is 8.41. The van der Waals surface area contributed by atoms with E-state index in [-0.39, 0.29) is 23.6 Å². The van der Waals surface area contributed by atoms with Crippen LogP contribution in [-0.2, 0) is 9.59 Å². The molecule has 2 aromatic rings. The van der Waals surface area contributed by atoms with E-state index in [4.69, 9.17) is 0 Å². The summed E-state index contributed by atoms with van der Waals surface area (Å²) in [6.45, 7) is 5.55. The van der Waals surface area contributed by atoms with Gasteiger partial charge in [-0.05, 0) is 56.5 Å². The topological polar surface area (TPSA) is 62.6 Å². The first-order valence-electron chi connectivity index (χ1n) is 10.6. The largest absolute Gasteiger partial charge is 0.344 e. The minimum Gasteiger partial charge on any atom is -0.344 e. The predicted molar refractivity (Wildman–Crippen MR) is 120 cm³/mol. The Morgan fingerprint density at radius 2 is 1.90 bits per heavy atom. The summed E-state index contributed by atoms with van der Waals surface area (Å²) in [5, 5.41) is 0.677. The Labute approximate surface area is 180 Å². The summed E-state index contributed by atoms with van der Waals surface area (Å²) in [7, 11) is 0. The van der Waals surface area contributed by atoms with Crippen LogP contribution in [0.1, 0.15) is 51.1 Å². The number of nitrogens with zero attached hydrogens (tertiary/aromatic N) is 3. The molecule has 1 atom stereocenters. The fourth-order valence-corrected chi connectivity index (χ4v) is 4.89. The number of hydrogen-bond acceptors (Lipinski definition) is 4. The molecular weight excluding hydrogens is 398 g/mol. The zero-order valence-electron chi connectivity index (χ0n) is 17.5. The number of imide groups is 1. The van der Waals surface area contributed by atoms with Crippen molar-refractivity contribution in [2.45, 2.75) is 45.6 Å². The van der Waals surface area contributed by atoms with Crippen molar-refractivity contribution in [1.29, 1.82) is 0 Å². The third-order valence-corrected chi connectivity index (χ3v) is 6.91. The molecule has 2 saturated heterocycles. The van der Waals surface area contributed by atoms with Crippen LogP contribution in [0.5, 0.6) is 0 Å². The molecule has 4 rings (SSSR count). The number of thioether (sulfide) groups is 1. The van der Waals surface area contributed by atoms with Gasteiger partial charge in [-0.2, -0.15) is 0 Å². The SMILES string of the molecule is CC[C@@H](C)n1cc(/C=C2\SC(=O)N(CC(=O)N3CCCCC3)C2=O)c2ccccc21. The van der Waals surface area contributed by atoms with Crippen LogP contribution in [0.15, 0.2) is 35.4 Å². The van der Waals surface area contributed by atoms with Crippen molar-refractivity contribution in [2.75, 3.05) is 19.6 Å². The maximum Gasteiger partial charge on any atom is 0.294 e. The Balaban J connectivity index is 1.58. The van der Waals surface area contributed by atoms with Crippen LogP contribution in [-0.4, -0.2) is 51.1 Å². The molecule has 2 aliphatic rings. The number of amides is 3. The lowest BCUT2D eigenvalue weighted by atomic mass is 10.1. The quantitative estimate of drug-likeness (QED) is 0.654. The van der Waals surface area contributed by atoms with Gasteiger partial charge in [0.2, 0.25) is 5.91 Å². The van der Waals surface area contributed by atoms with Crippen molar-refractivity contribution in [3.8, 4) is 0 Å². The molecular formula is C23H27N3O3S. The van der Waals surface area contributed by atoms with Gasteiger partial charge in [-0.15, -0.1) is 0 Å². The van der Waals surface area contributed by atoms with Crippen molar-refractivity contribution in [3.05, 3.63) is 40.9 Å². The number of hydrogen-bond donors (Lipinski definition) is 0. The number of rotatable bonds is 5. The van der Waals surface area contributed by atoms with Crippen LogP contribution in [0, 0.1) is 0 Å². The third kappa shape index (κ3) is 3.90. The van der Waals surface area contributed by atoms with Crippen LogP contribution in [0.4, 0.5) is 4.79 Å². The maximum atomic E-state index is 12.9. The fourth-order valence-electron chi connectivity index (χ4n) is 4.06. The molecule has 0 bridgehead atoms. The number of carbonyl (C=O) groups excluding carboxylic acids is 3. The van der Waals surface area contributed by atoms with Gasteiger partial charge in [0.15, 0.2) is 0 Å². The van der Waals surface area contributed by atoms with Crippen LogP contribution in [0.25, 0.3) is 17.0 Å². The van der Waals surface area contributed by atoms with E-state index in [1.54, 1.807) is 11.0 Å². The van der Waals surface area contributed by atoms with Gasteiger partial charge in [0, 0.05) is 41.8 Å². The van der Waals surface area contributed by atoms with E-state index in [9.17, 15) is 14.4 Å². The minimum absolute atomic E-state index is 0.147. The highest BCUT2D eigenvalue weighted by Crippen LogP contribution is 2.35. The summed E-state index contributed by atoms with van der Waals surface area (Å²) < 4.78 is 2.21. The Morgan fingerprint density at radius 1 is 1.17 bits per heavy atom. The van der Waals surface area contributed by atoms with Crippen molar-refractivity contribution >= 4 is 45.8 Å². The average molecular weight is 426 g/mol. The molecule has 2 aliphatic heterocycles. The Kier molecular flexibility index (Phi) is 5.99. The van der Waals surface area contributed by atoms with Crippen LogP contribution < -0.4 is 0 Å². The summed E-state index contributed by atoms with van der Waals surface area (Å²) in [6.07, 6.45) is 7.91. The molecule has 0 unspecified atom stereocenters. The Bertz CT molecular complexity index is 1020. The van der Waals surface area contributed by atoms with Crippen molar-refractivity contribution in [2.24, 2.45) is 0 Å². The second-order valence-corrected chi connectivity index (χ2v) is 8.97. The van der Waals surface area contributed by atoms with Gasteiger partial charge >= 0.3 is 0 Å². The second-order valence-electron chi connectivity index (χ2n) is 7.98. The van der Waals surface area contributed by atoms with Gasteiger partial charge in [0.1, 0.15) is 6.54 Å². The molecule has 2 fully saturated rings. The predicted octanol–water partition coefficient (Wildman–Crippen LogP) is 4.66. The molecule has 3 amide bonds. The monoisotopic (exact) mass is 425 g/mol. The molecule has 6 nitrogen and oxygen atoms in total. The van der Waals surface area contributed by atoms with Gasteiger partial charge < -0.3 is 9.47 Å². The minimum atomic E-state index is -0.379. The summed E-state index contributed by atoms with van der Waals surface area (Å²) in [5.41, 5.74) is 2.02. The van der Waals surface area contributed by atoms with E-state index < -0.39 is 0 Å². The zero-order valence-corrected chi connectivity index (χ0v) is 18.3. The number of carbonyl (C=O) groups is 3. The summed E-state index contributed by atoms with van der Waals surface area (Å²) in [5.74, 6) is -0.526. The first kappa shape index (κ1) is 20.7. The molecule has 0 spiro atoms. The molecule has 3 heterocycles. The normalized spacial score (nSPS) is 19.9. The molecule has 0 saturated carbocycles. The van der Waals surface area contributed by atoms with E-state index in [1.165, 1.54) is 0 Å². The zero-order chi connectivity index (χ0) is 21.3. The summed E-state index contributed by atoms with van der Waals surface area (Å²) in [4.78, 5) is 41.2. The number of piperidine rings is 1. The van der Waals surface area contributed by atoms with Gasteiger partial charge in [-0.1, -0.05) is 25.1 Å². The van der Waals surface area contributed by atoms with E-state index in [0.717, 1.165) is 58.8 Å². The lowest BCUT2D eigenvalue weighted by Gasteiger charge is -2.27. The van der Waals surface area contributed by atoms with E-state index in [2.05, 4.69) is 24.5 Å². The average Bonchev–Trinajstić information content (AvgIpc) is 3.26. The Hall–Kier alpha value is -2.54. The molecule has 7 heteroatoms. The van der Waals surface area contributed by atoms with E-state index in [1.807, 2.05) is 24.4 Å². The molecule has 1 aromatic heterocycles. The van der Waals surface area contributed by atoms with Gasteiger partial charge in [0.05, 0.1) is 4.91 Å². The highest BCUT2D eigenvalue weighted by molar-refractivity contribution is 8.18. The molecule has 0 aliphatic carbocycles. The van der Waals surface area contributed by atoms with Gasteiger partial charge in [-0.25, -0.2) is 0 Å². The van der Waals surface area contributed by atoms with Crippen LogP contribution in [0.3, 0.4) is 0 Å². The van der Waals surface area contributed by atoms with Crippen molar-refractivity contribution < 1.29 is 14.4 Å². The van der Waals surface area contributed by atoms with E-state index in [0.29, 0.717) is 24.0 Å². The highest BCUT2D eigenvalue weighted by atomic mass is 32.2. The van der Waals surface area contributed by atoms with Gasteiger partial charge in [-0.3, -0.25) is 19.3 Å². The fraction of sp³-hybridized carbons (Fsp3) is 0.435. The van der Waals surface area contributed by atoms with Gasteiger partial charge in [0.25, 0.3) is 11.1 Å². The maximum absolute atomic E-state index is 12.9. The van der Waals surface area contributed by atoms with Crippen LogP contribution >= 0.6 is 11.8 Å². The highest BCUT2D eigenvalue weighted by Gasteiger charge is 2.37. The summed E-state index contributed by atoms with van der Waals surface area (Å²) >= 11 is 0.916. The van der Waals surface area contributed by atoms with Crippen molar-refractivity contribution in [1.82, 2.24) is 14.4 Å². The number of benzene rings is 1. The lowest BCUT2D eigenvalue weighted by molar-refractivity contribution is -0.136. The number of likely N-dealkylation sites (tertiary alicyclic amines) is 1. The second kappa shape index (κ2) is 8.68. The first-order chi connectivity index (χ1) is 14.5. The Morgan fingerprint density at radius 3 is 2.63 bits per heavy atom. The van der Waals surface area contributed by atoms with E-state index >= 15 is 0 Å². The van der Waals surface area contributed by atoms with Crippen molar-refractivity contribution in [3.63, 3.8) is 0 Å². The smallest absolute Gasteiger partial charge is 0.294 e. The van der Waals surface area contributed by atoms with Crippen LogP contribution in [0.2, 0.25) is 0 Å². The lowest BCUT2D eigenvalue weighted by Crippen LogP contribution is -2.44. The standard InChI is InChI=1S/C23H27N3O3S/c1-3-16(2)25-14-17(18-9-5-6-10-19(18)25)13-20-22(28)26(23(29)30-20)15-21(27)24-11-7-4-8-12-24/h5-6,9-10,13-14,16H,3-4,7-8,11-12,15H2,1-2H3/b20-13-/t16-/m1/s1. The number of aromatic nitrogens is 1. The third-order valence-electron chi connectivity index (χ3n) is 6.00. The molecule has 0 radical (unpaired) electrons. The first-order valence-corrected chi connectivity index (χ1v) is 11.4. The number of para-hydroxylation sites is 1. The molecule has 30 heavy (non-hydrogen) atoms. The molecule has 158 valence electrons.